The van der Waals surface area contributed by atoms with E-state index in [9.17, 15) is 0 Å². The summed E-state index contributed by atoms with van der Waals surface area (Å²) < 4.78 is 1.14. The van der Waals surface area contributed by atoms with Crippen molar-refractivity contribution in [3.63, 3.8) is 0 Å². The third kappa shape index (κ3) is 3.80. The number of benzene rings is 1. The second-order valence-electron chi connectivity index (χ2n) is 4.05. The van der Waals surface area contributed by atoms with Crippen LogP contribution in [0.25, 0.3) is 16.2 Å². The molecule has 0 aliphatic carbocycles. The number of rotatable bonds is 5. The normalized spacial score (nSPS) is 10.8. The highest BCUT2D eigenvalue weighted by Crippen LogP contribution is 2.28. The molecule has 0 bridgehead atoms. The number of hydrogen-bond acceptors (Lipinski definition) is 3. The Morgan fingerprint density at radius 1 is 1.42 bits per heavy atom. The van der Waals surface area contributed by atoms with Crippen molar-refractivity contribution in [1.29, 1.82) is 5.41 Å². The molecule has 0 amide bonds. The summed E-state index contributed by atoms with van der Waals surface area (Å²) in [6.07, 6.45) is 5.79. The lowest BCUT2D eigenvalue weighted by atomic mass is 10.1. The van der Waals surface area contributed by atoms with Gasteiger partial charge in [0.05, 0.1) is 4.88 Å². The number of nitrogens with two attached hydrogens (primary N) is 1. The highest BCUT2D eigenvalue weighted by molar-refractivity contribution is 7.20. The van der Waals surface area contributed by atoms with Gasteiger partial charge in [0, 0.05) is 16.7 Å². The molecule has 1 aromatic heterocycles. The fraction of sp³-hybridized carbons (Fsp3) is 0.214. The van der Waals surface area contributed by atoms with E-state index in [1.54, 1.807) is 0 Å². The fourth-order valence-electron chi connectivity index (χ4n) is 1.78. The zero-order valence-corrected chi connectivity index (χ0v) is 12.1. The molecule has 0 fully saturated rings. The zero-order chi connectivity index (χ0) is 13.0. The first-order valence-corrected chi connectivity index (χ1v) is 6.68. The highest BCUT2D eigenvalue weighted by atomic mass is 35.5. The summed E-state index contributed by atoms with van der Waals surface area (Å²) >= 11 is 1.54. The minimum atomic E-state index is 0. The first-order valence-electron chi connectivity index (χ1n) is 5.86. The number of nitrogens with one attached hydrogen (secondary N) is 1. The van der Waals surface area contributed by atoms with E-state index in [-0.39, 0.29) is 24.8 Å². The number of hydrogen-bond donors (Lipinski definition) is 3. The highest BCUT2D eigenvalue weighted by Gasteiger charge is 2.06. The van der Waals surface area contributed by atoms with Gasteiger partial charge in [-0.05, 0) is 30.5 Å². The predicted octanol–water partition coefficient (Wildman–Crippen LogP) is 3.39. The molecule has 0 atom stereocenters. The Balaban J connectivity index is 0.00000180. The maximum absolute atomic E-state index is 8.73. The number of allylic oxidation sites excluding steroid dienone is 1. The summed E-state index contributed by atoms with van der Waals surface area (Å²) in [6.45, 7) is 0.224. The second-order valence-corrected chi connectivity index (χ2v) is 5.14. The van der Waals surface area contributed by atoms with Crippen LogP contribution in [0.1, 0.15) is 23.3 Å². The molecule has 1 heterocycles. The van der Waals surface area contributed by atoms with Crippen molar-refractivity contribution in [2.75, 3.05) is 6.61 Å². The maximum Gasteiger partial charge on any atom is 0.133 e. The Labute approximate surface area is 122 Å². The SMILES string of the molecule is Cl.N=C(N)c1cc2c(/C=C/CCCO)cccc2s1. The van der Waals surface area contributed by atoms with Crippen LogP contribution in [0.2, 0.25) is 0 Å². The molecule has 0 aliphatic rings. The first kappa shape index (κ1) is 15.7. The van der Waals surface area contributed by atoms with Crippen molar-refractivity contribution in [3.05, 3.63) is 40.8 Å². The molecule has 0 spiro atoms. The number of aliphatic hydroxyl groups excluding tert-OH is 1. The van der Waals surface area contributed by atoms with Gasteiger partial charge < -0.3 is 10.8 Å². The van der Waals surface area contributed by atoms with Gasteiger partial charge in [0.2, 0.25) is 0 Å². The fourth-order valence-corrected chi connectivity index (χ4v) is 2.74. The van der Waals surface area contributed by atoms with Crippen molar-refractivity contribution in [1.82, 2.24) is 0 Å². The molecule has 19 heavy (non-hydrogen) atoms. The van der Waals surface area contributed by atoms with Gasteiger partial charge in [-0.3, -0.25) is 5.41 Å². The summed E-state index contributed by atoms with van der Waals surface area (Å²) in [5.41, 5.74) is 6.65. The molecule has 4 N–H and O–H groups in total. The lowest BCUT2D eigenvalue weighted by Crippen LogP contribution is -2.08. The number of fused-ring (bicyclic) bond motifs is 1. The zero-order valence-electron chi connectivity index (χ0n) is 10.4. The van der Waals surface area contributed by atoms with Crippen LogP contribution in [0, 0.1) is 5.41 Å². The minimum absolute atomic E-state index is 0. The van der Waals surface area contributed by atoms with Gasteiger partial charge in [0.1, 0.15) is 5.84 Å². The van der Waals surface area contributed by atoms with Crippen LogP contribution in [0.15, 0.2) is 30.3 Å². The molecule has 2 rings (SSSR count). The quantitative estimate of drug-likeness (QED) is 0.450. The Morgan fingerprint density at radius 2 is 2.21 bits per heavy atom. The number of nitrogen functional groups attached to an aromatic ring is 1. The Kier molecular flexibility index (Phi) is 6.02. The minimum Gasteiger partial charge on any atom is -0.396 e. The van der Waals surface area contributed by atoms with E-state index in [4.69, 9.17) is 16.2 Å². The van der Waals surface area contributed by atoms with E-state index in [2.05, 4.69) is 18.2 Å². The predicted molar refractivity (Wildman–Crippen MR) is 85.4 cm³/mol. The monoisotopic (exact) mass is 296 g/mol. The van der Waals surface area contributed by atoms with Crippen LogP contribution in [0.5, 0.6) is 0 Å². The third-order valence-corrected chi connectivity index (χ3v) is 3.82. The summed E-state index contributed by atoms with van der Waals surface area (Å²) in [7, 11) is 0. The van der Waals surface area contributed by atoms with Gasteiger partial charge in [0.15, 0.2) is 0 Å². The molecule has 0 radical (unpaired) electrons. The molecular formula is C14H17ClN2OS. The first-order chi connectivity index (χ1) is 8.72. The van der Waals surface area contributed by atoms with Crippen LogP contribution in [0.3, 0.4) is 0 Å². The standard InChI is InChI=1S/C14H16N2OS.ClH/c15-14(16)13-9-11-10(5-2-1-3-8-17)6-4-7-12(11)18-13;/h2,4-7,9,17H,1,3,8H2,(H3,15,16);1H/b5-2+;. The molecule has 5 heteroatoms. The number of unbranched alkanes of at least 4 members (excludes halogenated alkanes) is 1. The molecule has 0 aliphatic heterocycles. The summed E-state index contributed by atoms with van der Waals surface area (Å²) in [4.78, 5) is 0.807. The van der Waals surface area contributed by atoms with E-state index < -0.39 is 0 Å². The van der Waals surface area contributed by atoms with Crippen LogP contribution in [0.4, 0.5) is 0 Å². The third-order valence-electron chi connectivity index (χ3n) is 2.69. The number of amidine groups is 1. The van der Waals surface area contributed by atoms with Crippen molar-refractivity contribution in [2.24, 2.45) is 5.73 Å². The smallest absolute Gasteiger partial charge is 0.133 e. The molecule has 0 unspecified atom stereocenters. The molecule has 2 aromatic rings. The lowest BCUT2D eigenvalue weighted by Gasteiger charge is -1.96. The Bertz CT molecular complexity index is 592. The van der Waals surface area contributed by atoms with Crippen molar-refractivity contribution in [3.8, 4) is 0 Å². The summed E-state index contributed by atoms with van der Waals surface area (Å²) in [5, 5.41) is 17.3. The molecule has 1 aromatic carbocycles. The van der Waals surface area contributed by atoms with E-state index in [1.165, 1.54) is 11.3 Å². The van der Waals surface area contributed by atoms with Crippen molar-refractivity contribution in [2.45, 2.75) is 12.8 Å². The van der Waals surface area contributed by atoms with E-state index in [0.717, 1.165) is 33.4 Å². The van der Waals surface area contributed by atoms with E-state index >= 15 is 0 Å². The number of halogens is 1. The van der Waals surface area contributed by atoms with Gasteiger partial charge in [0.25, 0.3) is 0 Å². The lowest BCUT2D eigenvalue weighted by molar-refractivity contribution is 0.290. The van der Waals surface area contributed by atoms with Crippen LogP contribution < -0.4 is 5.73 Å². The van der Waals surface area contributed by atoms with Gasteiger partial charge in [-0.2, -0.15) is 0 Å². The van der Waals surface area contributed by atoms with Gasteiger partial charge in [-0.1, -0.05) is 24.3 Å². The van der Waals surface area contributed by atoms with Gasteiger partial charge >= 0.3 is 0 Å². The topological polar surface area (TPSA) is 70.1 Å². The number of thiophene rings is 1. The van der Waals surface area contributed by atoms with Gasteiger partial charge in [-0.15, -0.1) is 23.7 Å². The summed E-state index contributed by atoms with van der Waals surface area (Å²) in [5.74, 6) is 0.117. The van der Waals surface area contributed by atoms with Crippen molar-refractivity contribution < 1.29 is 5.11 Å². The molecule has 3 nitrogen and oxygen atoms in total. The largest absolute Gasteiger partial charge is 0.396 e. The average molecular weight is 297 g/mol. The average Bonchev–Trinajstić information content (AvgIpc) is 2.79. The molecular weight excluding hydrogens is 280 g/mol. The molecule has 0 saturated carbocycles. The second kappa shape index (κ2) is 7.28. The van der Waals surface area contributed by atoms with Crippen LogP contribution in [-0.4, -0.2) is 17.5 Å². The van der Waals surface area contributed by atoms with Crippen LogP contribution >= 0.6 is 23.7 Å². The maximum atomic E-state index is 8.73. The Hall–Kier alpha value is -1.36. The van der Waals surface area contributed by atoms with Crippen LogP contribution in [-0.2, 0) is 0 Å². The Morgan fingerprint density at radius 3 is 2.89 bits per heavy atom. The molecule has 102 valence electrons. The summed E-state index contributed by atoms with van der Waals surface area (Å²) in [6, 6.07) is 8.06. The van der Waals surface area contributed by atoms with Crippen molar-refractivity contribution >= 4 is 45.7 Å². The van der Waals surface area contributed by atoms with E-state index in [1.807, 2.05) is 18.2 Å². The molecule has 0 saturated heterocycles. The van der Waals surface area contributed by atoms with E-state index in [0.29, 0.717) is 0 Å². The van der Waals surface area contributed by atoms with Gasteiger partial charge in [-0.25, -0.2) is 0 Å². The number of aliphatic hydroxyl groups is 1.